The Morgan fingerprint density at radius 2 is 1.88 bits per heavy atom. The molecule has 0 fully saturated rings. The van der Waals surface area contributed by atoms with Gasteiger partial charge in [-0.05, 0) is 48.9 Å². The van der Waals surface area contributed by atoms with E-state index in [-0.39, 0.29) is 10.6 Å². The summed E-state index contributed by atoms with van der Waals surface area (Å²) >= 11 is 6.03. The molecule has 0 spiro atoms. The average Bonchev–Trinajstić information content (AvgIpc) is 2.59. The van der Waals surface area contributed by atoms with Crippen LogP contribution in [0.2, 0.25) is 5.02 Å². The Hall–Kier alpha value is -3.06. The number of aliphatic hydroxyl groups is 1. The number of primary amides is 1. The Bertz CT molecular complexity index is 880. The van der Waals surface area contributed by atoms with Crippen LogP contribution in [-0.4, -0.2) is 16.6 Å². The van der Waals surface area contributed by atoms with Gasteiger partial charge < -0.3 is 15.6 Å². The number of benzene rings is 2. The highest BCUT2D eigenvalue weighted by molar-refractivity contribution is 6.31. The second-order valence-corrected chi connectivity index (χ2v) is 5.90. The molecule has 1 amide bonds. The normalized spacial score (nSPS) is 13.8. The molecule has 6 nitrogen and oxygen atoms in total. The summed E-state index contributed by atoms with van der Waals surface area (Å²) in [5.41, 5.74) is 4.33. The molecule has 7 heteroatoms. The number of nitriles is 2. The molecule has 2 aromatic rings. The standard InChI is InChI=1S/C18H14ClN3O3/c1-18(24,17(22)23)16(12-4-5-13(10-21)15(19)8-12)25-14-6-2-11(9-20)3-7-14/h2-8,16,24H,1H3,(H2,22,23). The molecule has 2 rings (SSSR count). The van der Waals surface area contributed by atoms with E-state index in [2.05, 4.69) is 0 Å². The summed E-state index contributed by atoms with van der Waals surface area (Å²) in [6, 6.07) is 14.5. The first kappa shape index (κ1) is 18.3. The molecule has 2 aromatic carbocycles. The number of nitrogens with zero attached hydrogens (tertiary/aromatic N) is 2. The first-order valence-electron chi connectivity index (χ1n) is 7.18. The van der Waals surface area contributed by atoms with Gasteiger partial charge in [0.2, 0.25) is 0 Å². The minimum Gasteiger partial charge on any atom is -0.482 e. The summed E-state index contributed by atoms with van der Waals surface area (Å²) in [5.74, 6) is -0.655. The third-order valence-corrected chi connectivity index (χ3v) is 3.98. The van der Waals surface area contributed by atoms with Crippen molar-refractivity contribution in [2.45, 2.75) is 18.6 Å². The maximum Gasteiger partial charge on any atom is 0.253 e. The van der Waals surface area contributed by atoms with E-state index >= 15 is 0 Å². The second kappa shape index (κ2) is 7.23. The molecule has 0 saturated carbocycles. The third-order valence-electron chi connectivity index (χ3n) is 3.66. The first-order valence-corrected chi connectivity index (χ1v) is 7.56. The van der Waals surface area contributed by atoms with E-state index in [1.807, 2.05) is 12.1 Å². The van der Waals surface area contributed by atoms with Crippen LogP contribution in [0.3, 0.4) is 0 Å². The van der Waals surface area contributed by atoms with Crippen LogP contribution in [0.15, 0.2) is 42.5 Å². The molecule has 0 bridgehead atoms. The molecule has 0 saturated heterocycles. The number of carbonyl (C=O) groups excluding carboxylic acids is 1. The lowest BCUT2D eigenvalue weighted by atomic mass is 9.91. The maximum absolute atomic E-state index is 11.7. The summed E-state index contributed by atoms with van der Waals surface area (Å²) in [6.45, 7) is 1.23. The van der Waals surface area contributed by atoms with Crippen molar-refractivity contribution in [1.29, 1.82) is 10.5 Å². The predicted molar refractivity (Wildman–Crippen MR) is 90.5 cm³/mol. The van der Waals surface area contributed by atoms with E-state index in [9.17, 15) is 9.90 Å². The lowest BCUT2D eigenvalue weighted by Gasteiger charge is -2.31. The fourth-order valence-corrected chi connectivity index (χ4v) is 2.40. The van der Waals surface area contributed by atoms with Crippen LogP contribution < -0.4 is 10.5 Å². The van der Waals surface area contributed by atoms with Gasteiger partial charge in [0, 0.05) is 0 Å². The minimum atomic E-state index is -2.04. The van der Waals surface area contributed by atoms with Gasteiger partial charge in [-0.3, -0.25) is 4.79 Å². The first-order chi connectivity index (χ1) is 11.8. The molecule has 0 aliphatic heterocycles. The van der Waals surface area contributed by atoms with E-state index in [1.54, 1.807) is 0 Å². The van der Waals surface area contributed by atoms with Crippen molar-refractivity contribution in [3.8, 4) is 17.9 Å². The van der Waals surface area contributed by atoms with Crippen LogP contribution >= 0.6 is 11.6 Å². The highest BCUT2D eigenvalue weighted by Gasteiger charge is 2.41. The summed E-state index contributed by atoms with van der Waals surface area (Å²) in [4.78, 5) is 11.7. The molecule has 3 N–H and O–H groups in total. The van der Waals surface area contributed by atoms with Crippen molar-refractivity contribution in [2.75, 3.05) is 0 Å². The van der Waals surface area contributed by atoms with Crippen LogP contribution in [0, 0.1) is 22.7 Å². The largest absolute Gasteiger partial charge is 0.482 e. The van der Waals surface area contributed by atoms with E-state index in [0.717, 1.165) is 0 Å². The summed E-state index contributed by atoms with van der Waals surface area (Å²) in [5, 5.41) is 28.5. The van der Waals surface area contributed by atoms with Crippen LogP contribution in [0.4, 0.5) is 0 Å². The number of nitrogens with two attached hydrogens (primary N) is 1. The highest BCUT2D eigenvalue weighted by Crippen LogP contribution is 2.33. The predicted octanol–water partition coefficient (Wildman–Crippen LogP) is 2.44. The van der Waals surface area contributed by atoms with Gasteiger partial charge in [-0.15, -0.1) is 0 Å². The van der Waals surface area contributed by atoms with E-state index in [4.69, 9.17) is 32.6 Å². The molecule has 0 radical (unpaired) electrons. The second-order valence-electron chi connectivity index (χ2n) is 5.50. The van der Waals surface area contributed by atoms with Crippen LogP contribution in [0.1, 0.15) is 29.7 Å². The number of hydrogen-bond donors (Lipinski definition) is 2. The van der Waals surface area contributed by atoms with Gasteiger partial charge in [0.15, 0.2) is 11.7 Å². The Morgan fingerprint density at radius 3 is 2.36 bits per heavy atom. The van der Waals surface area contributed by atoms with Gasteiger partial charge in [-0.1, -0.05) is 17.7 Å². The van der Waals surface area contributed by atoms with Crippen molar-refractivity contribution in [1.82, 2.24) is 0 Å². The molecule has 126 valence electrons. The summed E-state index contributed by atoms with van der Waals surface area (Å²) in [7, 11) is 0. The number of amides is 1. The van der Waals surface area contributed by atoms with Crippen molar-refractivity contribution >= 4 is 17.5 Å². The summed E-state index contributed by atoms with van der Waals surface area (Å²) in [6.07, 6.45) is -1.16. The average molecular weight is 356 g/mol. The zero-order valence-corrected chi connectivity index (χ0v) is 14.0. The number of hydrogen-bond acceptors (Lipinski definition) is 5. The minimum absolute atomic E-state index is 0.161. The molecule has 0 aromatic heterocycles. The molecule has 2 unspecified atom stereocenters. The summed E-state index contributed by atoms with van der Waals surface area (Å²) < 4.78 is 5.75. The van der Waals surface area contributed by atoms with E-state index in [1.165, 1.54) is 49.4 Å². The highest BCUT2D eigenvalue weighted by atomic mass is 35.5. The quantitative estimate of drug-likeness (QED) is 0.853. The third kappa shape index (κ3) is 3.89. The molecular weight excluding hydrogens is 342 g/mol. The molecule has 0 aliphatic carbocycles. The zero-order chi connectivity index (χ0) is 18.6. The van der Waals surface area contributed by atoms with E-state index in [0.29, 0.717) is 16.9 Å². The Morgan fingerprint density at radius 1 is 1.24 bits per heavy atom. The smallest absolute Gasteiger partial charge is 0.253 e. The van der Waals surface area contributed by atoms with Crippen molar-refractivity contribution in [2.24, 2.45) is 5.73 Å². The Balaban J connectivity index is 2.46. The SMILES string of the molecule is CC(O)(C(N)=O)C(Oc1ccc(C#N)cc1)c1ccc(C#N)c(Cl)c1. The van der Waals surface area contributed by atoms with Gasteiger partial charge in [-0.25, -0.2) is 0 Å². The fraction of sp³-hybridized carbons (Fsp3) is 0.167. The van der Waals surface area contributed by atoms with Gasteiger partial charge in [0.25, 0.3) is 5.91 Å². The molecule has 2 atom stereocenters. The molecule has 0 aliphatic rings. The number of halogens is 1. The maximum atomic E-state index is 11.7. The van der Waals surface area contributed by atoms with Gasteiger partial charge in [0.05, 0.1) is 22.2 Å². The van der Waals surface area contributed by atoms with Crippen LogP contribution in [0.25, 0.3) is 0 Å². The van der Waals surface area contributed by atoms with Crippen molar-refractivity contribution in [3.63, 3.8) is 0 Å². The van der Waals surface area contributed by atoms with Crippen molar-refractivity contribution < 1.29 is 14.6 Å². The Kier molecular flexibility index (Phi) is 5.29. The van der Waals surface area contributed by atoms with Crippen LogP contribution in [-0.2, 0) is 4.79 Å². The Labute approximate surface area is 149 Å². The van der Waals surface area contributed by atoms with Gasteiger partial charge in [-0.2, -0.15) is 10.5 Å². The lowest BCUT2D eigenvalue weighted by Crippen LogP contribution is -2.48. The molecular formula is C18H14ClN3O3. The number of rotatable bonds is 5. The van der Waals surface area contributed by atoms with Gasteiger partial charge in [0.1, 0.15) is 11.8 Å². The number of carbonyl (C=O) groups is 1. The van der Waals surface area contributed by atoms with Gasteiger partial charge >= 0.3 is 0 Å². The van der Waals surface area contributed by atoms with Crippen molar-refractivity contribution in [3.05, 3.63) is 64.2 Å². The number of ether oxygens (including phenoxy) is 1. The topological polar surface area (TPSA) is 120 Å². The molecule has 25 heavy (non-hydrogen) atoms. The van der Waals surface area contributed by atoms with Crippen LogP contribution in [0.5, 0.6) is 5.75 Å². The molecule has 0 heterocycles. The fourth-order valence-electron chi connectivity index (χ4n) is 2.17. The van der Waals surface area contributed by atoms with E-state index < -0.39 is 17.6 Å². The lowest BCUT2D eigenvalue weighted by molar-refractivity contribution is -0.144. The monoisotopic (exact) mass is 355 g/mol. The zero-order valence-electron chi connectivity index (χ0n) is 13.2.